The molecule has 0 saturated heterocycles. The number of carbonyl (C=O) groups is 1. The zero-order valence-electron chi connectivity index (χ0n) is 17.6. The molecule has 1 aromatic heterocycles. The van der Waals surface area contributed by atoms with Gasteiger partial charge in [-0.25, -0.2) is 9.48 Å². The van der Waals surface area contributed by atoms with E-state index in [9.17, 15) is 4.79 Å². The molecular weight excluding hydrogens is 372 g/mol. The number of carbonyl (C=O) groups excluding carboxylic acids is 1. The van der Waals surface area contributed by atoms with Gasteiger partial charge < -0.3 is 4.74 Å². The average Bonchev–Trinajstić information content (AvgIpc) is 2.97. The molecular formula is C23H31ClN2O2. The number of methoxy groups -OCH3 is 1. The van der Waals surface area contributed by atoms with Crippen molar-refractivity contribution in [3.63, 3.8) is 0 Å². The highest BCUT2D eigenvalue weighted by atomic mass is 35.5. The SMILES string of the molecule is COC(=O)c1nn(-c2cc(C)cc(C(C)(C)C)c2)c(CC2CCCCC2)c1Cl. The second-order valence-electron chi connectivity index (χ2n) is 9.03. The van der Waals surface area contributed by atoms with Crippen LogP contribution >= 0.6 is 11.6 Å². The van der Waals surface area contributed by atoms with E-state index in [0.717, 1.165) is 23.4 Å². The summed E-state index contributed by atoms with van der Waals surface area (Å²) in [7, 11) is 1.36. The summed E-state index contributed by atoms with van der Waals surface area (Å²) in [5, 5.41) is 5.02. The summed E-state index contributed by atoms with van der Waals surface area (Å²) >= 11 is 6.66. The van der Waals surface area contributed by atoms with Crippen LogP contribution in [0.15, 0.2) is 18.2 Å². The van der Waals surface area contributed by atoms with Gasteiger partial charge >= 0.3 is 5.97 Å². The van der Waals surface area contributed by atoms with E-state index >= 15 is 0 Å². The predicted molar refractivity (Wildman–Crippen MR) is 114 cm³/mol. The van der Waals surface area contributed by atoms with Crippen LogP contribution in [0.5, 0.6) is 0 Å². The van der Waals surface area contributed by atoms with Gasteiger partial charge in [-0.05, 0) is 47.9 Å². The zero-order valence-corrected chi connectivity index (χ0v) is 18.4. The second kappa shape index (κ2) is 8.28. The van der Waals surface area contributed by atoms with Crippen molar-refractivity contribution < 1.29 is 9.53 Å². The lowest BCUT2D eigenvalue weighted by Crippen LogP contribution is -2.15. The third-order valence-electron chi connectivity index (χ3n) is 5.68. The maximum atomic E-state index is 12.2. The molecule has 0 atom stereocenters. The predicted octanol–water partition coefficient (Wildman–Crippen LogP) is 6.04. The summed E-state index contributed by atoms with van der Waals surface area (Å²) in [6, 6.07) is 6.46. The molecule has 1 aliphatic carbocycles. The Hall–Kier alpha value is -1.81. The van der Waals surface area contributed by atoms with Crippen LogP contribution in [0, 0.1) is 12.8 Å². The minimum absolute atomic E-state index is 0.0203. The first kappa shape index (κ1) is 20.9. The van der Waals surface area contributed by atoms with Gasteiger partial charge in [-0.15, -0.1) is 0 Å². The first-order chi connectivity index (χ1) is 13.2. The standard InChI is InChI=1S/C23H31ClN2O2/c1-15-11-17(23(2,3)4)14-18(12-15)26-19(13-16-9-7-6-8-10-16)20(24)21(25-26)22(27)28-5/h11-12,14,16H,6-10,13H2,1-5H3. The smallest absolute Gasteiger partial charge is 0.360 e. The molecule has 0 bridgehead atoms. The second-order valence-corrected chi connectivity index (χ2v) is 9.41. The number of hydrogen-bond acceptors (Lipinski definition) is 3. The fourth-order valence-electron chi connectivity index (χ4n) is 4.03. The van der Waals surface area contributed by atoms with Gasteiger partial charge in [-0.2, -0.15) is 5.10 Å². The molecule has 2 aromatic rings. The largest absolute Gasteiger partial charge is 0.464 e. The maximum Gasteiger partial charge on any atom is 0.360 e. The molecule has 1 aliphatic rings. The Labute approximate surface area is 173 Å². The molecule has 0 spiro atoms. The van der Waals surface area contributed by atoms with Crippen molar-refractivity contribution >= 4 is 17.6 Å². The number of nitrogens with zero attached hydrogens (tertiary/aromatic N) is 2. The average molecular weight is 403 g/mol. The molecule has 152 valence electrons. The van der Waals surface area contributed by atoms with E-state index in [2.05, 4.69) is 51.0 Å². The van der Waals surface area contributed by atoms with Crippen molar-refractivity contribution in [1.29, 1.82) is 0 Å². The molecule has 28 heavy (non-hydrogen) atoms. The number of benzene rings is 1. The Kier molecular flexibility index (Phi) is 6.18. The van der Waals surface area contributed by atoms with E-state index in [-0.39, 0.29) is 11.1 Å². The number of aromatic nitrogens is 2. The Morgan fingerprint density at radius 1 is 1.21 bits per heavy atom. The van der Waals surface area contributed by atoms with E-state index in [1.165, 1.54) is 44.8 Å². The summed E-state index contributed by atoms with van der Waals surface area (Å²) in [4.78, 5) is 12.2. The molecule has 0 N–H and O–H groups in total. The number of aryl methyl sites for hydroxylation is 1. The van der Waals surface area contributed by atoms with E-state index in [4.69, 9.17) is 16.3 Å². The van der Waals surface area contributed by atoms with Crippen molar-refractivity contribution in [3.05, 3.63) is 45.7 Å². The van der Waals surface area contributed by atoms with Gasteiger partial charge in [0.05, 0.1) is 23.5 Å². The van der Waals surface area contributed by atoms with Crippen LogP contribution in [0.25, 0.3) is 5.69 Å². The molecule has 1 fully saturated rings. The van der Waals surface area contributed by atoms with Crippen LogP contribution in [0.3, 0.4) is 0 Å². The molecule has 5 heteroatoms. The van der Waals surface area contributed by atoms with Crippen LogP contribution in [-0.2, 0) is 16.6 Å². The fraction of sp³-hybridized carbons (Fsp3) is 0.565. The van der Waals surface area contributed by atoms with Gasteiger partial charge in [0, 0.05) is 0 Å². The highest BCUT2D eigenvalue weighted by Crippen LogP contribution is 2.33. The molecule has 0 unspecified atom stereocenters. The van der Waals surface area contributed by atoms with Crippen LogP contribution in [0.1, 0.15) is 80.2 Å². The van der Waals surface area contributed by atoms with E-state index in [1.54, 1.807) is 0 Å². The molecule has 0 amide bonds. The highest BCUT2D eigenvalue weighted by Gasteiger charge is 2.26. The Bertz CT molecular complexity index is 858. The topological polar surface area (TPSA) is 44.1 Å². The first-order valence-corrected chi connectivity index (χ1v) is 10.6. The maximum absolute atomic E-state index is 12.2. The molecule has 0 radical (unpaired) electrons. The van der Waals surface area contributed by atoms with Crippen LogP contribution in [-0.4, -0.2) is 22.9 Å². The number of rotatable bonds is 4. The Balaban J connectivity index is 2.11. The van der Waals surface area contributed by atoms with E-state index < -0.39 is 5.97 Å². The van der Waals surface area contributed by atoms with Gasteiger partial charge in [-0.3, -0.25) is 0 Å². The number of hydrogen-bond donors (Lipinski definition) is 0. The lowest BCUT2D eigenvalue weighted by molar-refractivity contribution is 0.0593. The lowest BCUT2D eigenvalue weighted by Gasteiger charge is -2.23. The zero-order chi connectivity index (χ0) is 20.5. The normalized spacial score (nSPS) is 15.6. The highest BCUT2D eigenvalue weighted by molar-refractivity contribution is 6.34. The number of esters is 1. The molecule has 3 rings (SSSR count). The van der Waals surface area contributed by atoms with Crippen molar-refractivity contribution in [2.24, 2.45) is 5.92 Å². The quantitative estimate of drug-likeness (QED) is 0.585. The fourth-order valence-corrected chi connectivity index (χ4v) is 4.31. The van der Waals surface area contributed by atoms with Gasteiger partial charge in [0.1, 0.15) is 0 Å². The summed E-state index contributed by atoms with van der Waals surface area (Å²) in [5.41, 5.74) is 4.49. The summed E-state index contributed by atoms with van der Waals surface area (Å²) in [6.07, 6.45) is 7.08. The van der Waals surface area contributed by atoms with Crippen molar-refractivity contribution in [2.75, 3.05) is 7.11 Å². The van der Waals surface area contributed by atoms with Gasteiger partial charge in [-0.1, -0.05) is 70.5 Å². The summed E-state index contributed by atoms with van der Waals surface area (Å²) in [5.74, 6) is 0.0939. The third kappa shape index (κ3) is 4.43. The van der Waals surface area contributed by atoms with Gasteiger partial charge in [0.2, 0.25) is 0 Å². The molecule has 1 aromatic carbocycles. The number of halogens is 1. The van der Waals surface area contributed by atoms with Crippen molar-refractivity contribution in [1.82, 2.24) is 9.78 Å². The minimum Gasteiger partial charge on any atom is -0.464 e. The molecule has 4 nitrogen and oxygen atoms in total. The monoisotopic (exact) mass is 402 g/mol. The Morgan fingerprint density at radius 2 is 1.89 bits per heavy atom. The van der Waals surface area contributed by atoms with E-state index in [0.29, 0.717) is 10.9 Å². The van der Waals surface area contributed by atoms with Gasteiger partial charge in [0.15, 0.2) is 5.69 Å². The number of ether oxygens (including phenoxy) is 1. The van der Waals surface area contributed by atoms with Crippen molar-refractivity contribution in [3.8, 4) is 5.69 Å². The first-order valence-electron chi connectivity index (χ1n) is 10.2. The van der Waals surface area contributed by atoms with Gasteiger partial charge in [0.25, 0.3) is 0 Å². The minimum atomic E-state index is -0.489. The molecule has 0 aliphatic heterocycles. The van der Waals surface area contributed by atoms with E-state index in [1.807, 2.05) is 4.68 Å². The van der Waals surface area contributed by atoms with Crippen LogP contribution < -0.4 is 0 Å². The summed E-state index contributed by atoms with van der Waals surface area (Å²) < 4.78 is 6.78. The Morgan fingerprint density at radius 3 is 2.50 bits per heavy atom. The summed E-state index contributed by atoms with van der Waals surface area (Å²) in [6.45, 7) is 8.69. The van der Waals surface area contributed by atoms with Crippen molar-refractivity contribution in [2.45, 2.75) is 71.6 Å². The third-order valence-corrected chi connectivity index (χ3v) is 6.07. The molecule has 1 saturated carbocycles. The lowest BCUT2D eigenvalue weighted by atomic mass is 9.85. The van der Waals surface area contributed by atoms with Crippen LogP contribution in [0.4, 0.5) is 0 Å². The molecule has 1 heterocycles. The van der Waals surface area contributed by atoms with Crippen LogP contribution in [0.2, 0.25) is 5.02 Å².